The Hall–Kier alpha value is -1.49. The Bertz CT molecular complexity index is 462. The second kappa shape index (κ2) is 3.00. The maximum atomic E-state index is 13.7. The van der Waals surface area contributed by atoms with Crippen LogP contribution in [-0.4, -0.2) is 20.3 Å². The predicted molar refractivity (Wildman–Crippen MR) is 54.4 cm³/mol. The van der Waals surface area contributed by atoms with Crippen LogP contribution in [0.25, 0.3) is 0 Å². The lowest BCUT2D eigenvalue weighted by molar-refractivity contribution is 0.0444. The second-order valence-corrected chi connectivity index (χ2v) is 7.43. The van der Waals surface area contributed by atoms with Gasteiger partial charge < -0.3 is 8.84 Å². The van der Waals surface area contributed by atoms with Crippen molar-refractivity contribution in [3.8, 4) is 0 Å². The largest absolute Gasteiger partial charge is 0.386 e. The molecule has 0 amide bonds. The minimum absolute atomic E-state index is 0.177. The van der Waals surface area contributed by atoms with Crippen molar-refractivity contribution in [1.29, 1.82) is 0 Å². The van der Waals surface area contributed by atoms with Gasteiger partial charge in [-0.25, -0.2) is 9.59 Å². The fourth-order valence-corrected chi connectivity index (χ4v) is 2.42. The molecule has 5 heteroatoms. The van der Waals surface area contributed by atoms with Crippen LogP contribution < -0.4 is 5.19 Å². The molecule has 2 rings (SSSR count). The van der Waals surface area contributed by atoms with Gasteiger partial charge in [0, 0.05) is 0 Å². The second-order valence-electron chi connectivity index (χ2n) is 3.91. The minimum atomic E-state index is -2.95. The van der Waals surface area contributed by atoms with Crippen molar-refractivity contribution in [2.24, 2.45) is 0 Å². The van der Waals surface area contributed by atoms with Crippen molar-refractivity contribution in [2.75, 3.05) is 0 Å². The van der Waals surface area contributed by atoms with E-state index >= 15 is 0 Å². The first kappa shape index (κ1) is 10.0. The number of benzene rings is 1. The van der Waals surface area contributed by atoms with Gasteiger partial charge in [-0.2, -0.15) is 0 Å². The SMILES string of the molecule is C[Si](C)(F)c1ccc2c(c1)C(=O)OC2=O. The maximum absolute atomic E-state index is 13.7. The molecule has 0 saturated carbocycles. The first-order valence-electron chi connectivity index (χ1n) is 4.49. The van der Waals surface area contributed by atoms with Crippen molar-refractivity contribution in [3.05, 3.63) is 29.3 Å². The zero-order chi connectivity index (χ0) is 11.2. The van der Waals surface area contributed by atoms with E-state index in [1.54, 1.807) is 6.07 Å². The number of ether oxygens (including phenoxy) is 1. The summed E-state index contributed by atoms with van der Waals surface area (Å²) in [6.45, 7) is 3.05. The van der Waals surface area contributed by atoms with Gasteiger partial charge in [-0.1, -0.05) is 6.07 Å². The Balaban J connectivity index is 2.57. The number of fused-ring (bicyclic) bond motifs is 1. The predicted octanol–water partition coefficient (Wildman–Crippen LogP) is 1.38. The fraction of sp³-hybridized carbons (Fsp3) is 0.200. The molecule has 1 heterocycles. The highest BCUT2D eigenvalue weighted by Crippen LogP contribution is 2.19. The fourth-order valence-electron chi connectivity index (χ4n) is 1.46. The normalized spacial score (nSPS) is 15.1. The number of cyclic esters (lactones) is 2. The number of carbonyl (C=O) groups is 2. The van der Waals surface area contributed by atoms with Crippen LogP contribution in [0.15, 0.2) is 18.2 Å². The third kappa shape index (κ3) is 1.59. The molecule has 0 fully saturated rings. The number of hydrogen-bond donors (Lipinski definition) is 0. The van der Waals surface area contributed by atoms with Gasteiger partial charge in [0.1, 0.15) is 0 Å². The van der Waals surface area contributed by atoms with Crippen molar-refractivity contribution >= 4 is 25.5 Å². The lowest BCUT2D eigenvalue weighted by Gasteiger charge is -2.11. The molecule has 1 aromatic rings. The molecule has 78 valence electrons. The number of rotatable bonds is 1. The zero-order valence-corrected chi connectivity index (χ0v) is 9.33. The monoisotopic (exact) mass is 224 g/mol. The van der Waals surface area contributed by atoms with Crippen LogP contribution >= 0.6 is 0 Å². The standard InChI is InChI=1S/C10H9FO3Si/c1-15(2,11)6-3-4-7-8(5-6)10(13)14-9(7)12/h3-5H,1-2H3. The van der Waals surface area contributed by atoms with Gasteiger partial charge in [-0.15, -0.1) is 0 Å². The van der Waals surface area contributed by atoms with Gasteiger partial charge in [-0.3, -0.25) is 0 Å². The molecular weight excluding hydrogens is 215 g/mol. The highest BCUT2D eigenvalue weighted by molar-refractivity contribution is 6.83. The van der Waals surface area contributed by atoms with Crippen molar-refractivity contribution in [2.45, 2.75) is 13.1 Å². The van der Waals surface area contributed by atoms with Gasteiger partial charge in [-0.05, 0) is 30.4 Å². The molecule has 0 unspecified atom stereocenters. The van der Waals surface area contributed by atoms with Crippen LogP contribution in [0.3, 0.4) is 0 Å². The van der Waals surface area contributed by atoms with Crippen molar-refractivity contribution in [3.63, 3.8) is 0 Å². The molecule has 15 heavy (non-hydrogen) atoms. The van der Waals surface area contributed by atoms with Gasteiger partial charge in [0.15, 0.2) is 0 Å². The van der Waals surface area contributed by atoms with Gasteiger partial charge in [0.25, 0.3) is 8.41 Å². The van der Waals surface area contributed by atoms with E-state index in [1.807, 2.05) is 0 Å². The third-order valence-corrected chi connectivity index (χ3v) is 4.02. The lowest BCUT2D eigenvalue weighted by atomic mass is 10.1. The Labute approximate surface area is 87.0 Å². The van der Waals surface area contributed by atoms with Gasteiger partial charge in [0.05, 0.1) is 11.1 Å². The number of halogens is 1. The van der Waals surface area contributed by atoms with E-state index in [1.165, 1.54) is 25.2 Å². The van der Waals surface area contributed by atoms with Gasteiger partial charge >= 0.3 is 11.9 Å². The van der Waals surface area contributed by atoms with E-state index in [9.17, 15) is 13.7 Å². The topological polar surface area (TPSA) is 43.4 Å². The molecular formula is C10H9FO3Si. The molecule has 0 radical (unpaired) electrons. The summed E-state index contributed by atoms with van der Waals surface area (Å²) < 4.78 is 18.1. The van der Waals surface area contributed by atoms with Crippen molar-refractivity contribution in [1.82, 2.24) is 0 Å². The van der Waals surface area contributed by atoms with Crippen LogP contribution in [0.4, 0.5) is 4.11 Å². The first-order chi connectivity index (χ1) is 6.89. The summed E-state index contributed by atoms with van der Waals surface area (Å²) in [5.74, 6) is -1.34. The third-order valence-electron chi connectivity index (χ3n) is 2.33. The number of hydrogen-bond acceptors (Lipinski definition) is 3. The van der Waals surface area contributed by atoms with Crippen LogP contribution in [0.5, 0.6) is 0 Å². The van der Waals surface area contributed by atoms with E-state index in [2.05, 4.69) is 4.74 Å². The highest BCUT2D eigenvalue weighted by atomic mass is 28.4. The van der Waals surface area contributed by atoms with Gasteiger partial charge in [0.2, 0.25) is 0 Å². The smallest absolute Gasteiger partial charge is 0.346 e. The quantitative estimate of drug-likeness (QED) is 0.313. The summed E-state index contributed by atoms with van der Waals surface area (Å²) in [5.41, 5.74) is 0.401. The number of carbonyl (C=O) groups excluding carboxylic acids is 2. The molecule has 0 saturated heterocycles. The van der Waals surface area contributed by atoms with Crippen LogP contribution in [0.2, 0.25) is 13.1 Å². The average molecular weight is 224 g/mol. The average Bonchev–Trinajstić information content (AvgIpc) is 2.41. The maximum Gasteiger partial charge on any atom is 0.346 e. The summed E-state index contributed by atoms with van der Waals surface area (Å²) in [6, 6.07) is 4.42. The van der Waals surface area contributed by atoms with Crippen molar-refractivity contribution < 1.29 is 18.4 Å². The highest BCUT2D eigenvalue weighted by Gasteiger charge is 2.32. The Kier molecular flexibility index (Phi) is 2.01. The van der Waals surface area contributed by atoms with Crippen LogP contribution in [0.1, 0.15) is 20.7 Å². The molecule has 1 aromatic carbocycles. The van der Waals surface area contributed by atoms with E-state index in [4.69, 9.17) is 0 Å². The molecule has 0 bridgehead atoms. The molecule has 3 nitrogen and oxygen atoms in total. The lowest BCUT2D eigenvalue weighted by Crippen LogP contribution is -2.36. The van der Waals surface area contributed by atoms with E-state index in [-0.39, 0.29) is 11.1 Å². The summed E-state index contributed by atoms with van der Waals surface area (Å²) in [5, 5.41) is 0.493. The molecule has 0 N–H and O–H groups in total. The molecule has 0 aromatic heterocycles. The molecule has 0 atom stereocenters. The summed E-state index contributed by atoms with van der Waals surface area (Å²) in [7, 11) is -2.95. The van der Waals surface area contributed by atoms with E-state index < -0.39 is 20.3 Å². The Morgan fingerprint density at radius 1 is 1.13 bits per heavy atom. The molecule has 1 aliphatic rings. The Morgan fingerprint density at radius 2 is 1.73 bits per heavy atom. The molecule has 0 aliphatic carbocycles. The summed E-state index contributed by atoms with van der Waals surface area (Å²) in [4.78, 5) is 22.3. The Morgan fingerprint density at radius 3 is 2.33 bits per heavy atom. The summed E-state index contributed by atoms with van der Waals surface area (Å²) >= 11 is 0. The minimum Gasteiger partial charge on any atom is -0.386 e. The van der Waals surface area contributed by atoms with E-state index in [0.29, 0.717) is 5.19 Å². The van der Waals surface area contributed by atoms with Crippen LogP contribution in [-0.2, 0) is 4.74 Å². The van der Waals surface area contributed by atoms with Crippen LogP contribution in [0, 0.1) is 0 Å². The molecule has 0 spiro atoms. The number of esters is 2. The van der Waals surface area contributed by atoms with E-state index in [0.717, 1.165) is 0 Å². The summed E-state index contributed by atoms with van der Waals surface area (Å²) in [6.07, 6.45) is 0. The zero-order valence-electron chi connectivity index (χ0n) is 8.33. The molecule has 1 aliphatic heterocycles. The first-order valence-corrected chi connectivity index (χ1v) is 7.37.